The van der Waals surface area contributed by atoms with E-state index < -0.39 is 0 Å². The van der Waals surface area contributed by atoms with Crippen molar-refractivity contribution >= 4 is 43.4 Å². The van der Waals surface area contributed by atoms with Crippen LogP contribution in [0.1, 0.15) is 0 Å². The van der Waals surface area contributed by atoms with Crippen LogP contribution in [0.25, 0.3) is 82.8 Å². The highest BCUT2D eigenvalue weighted by atomic mass is 15.2. The standard InChI is InChI=1S/C42H27N3/c1-2-9-28(10-3-1)33-21-23-37-40(27-33)45(39-24-22-30-12-5-7-15-36(30)41(37)39)42-43-26-25-38(44-42)32-19-17-31(18-20-32)35-16-8-13-29-11-4-6-14-34(29)35/h1-27H. The Morgan fingerprint density at radius 2 is 1.11 bits per heavy atom. The average molecular weight is 574 g/mol. The fraction of sp³-hybridized carbons (Fsp3) is 0. The number of benzene rings is 7. The van der Waals surface area contributed by atoms with E-state index in [1.54, 1.807) is 0 Å². The monoisotopic (exact) mass is 573 g/mol. The fourth-order valence-electron chi connectivity index (χ4n) is 6.73. The summed E-state index contributed by atoms with van der Waals surface area (Å²) in [5, 5.41) is 7.36. The van der Waals surface area contributed by atoms with Crippen molar-refractivity contribution in [3.63, 3.8) is 0 Å². The van der Waals surface area contributed by atoms with Gasteiger partial charge in [0, 0.05) is 22.5 Å². The Balaban J connectivity index is 1.21. The molecule has 0 spiro atoms. The molecule has 0 unspecified atom stereocenters. The molecule has 0 aliphatic carbocycles. The Labute approximate surface area is 260 Å². The summed E-state index contributed by atoms with van der Waals surface area (Å²) in [6.45, 7) is 0. The lowest BCUT2D eigenvalue weighted by molar-refractivity contribution is 0.992. The number of aromatic nitrogens is 3. The largest absolute Gasteiger partial charge is 0.278 e. The van der Waals surface area contributed by atoms with Gasteiger partial charge < -0.3 is 0 Å². The van der Waals surface area contributed by atoms with Crippen LogP contribution in [-0.4, -0.2) is 14.5 Å². The second-order valence-electron chi connectivity index (χ2n) is 11.5. The highest BCUT2D eigenvalue weighted by Gasteiger charge is 2.18. The Morgan fingerprint density at radius 1 is 0.422 bits per heavy atom. The third-order valence-corrected chi connectivity index (χ3v) is 8.89. The molecule has 0 bridgehead atoms. The van der Waals surface area contributed by atoms with E-state index in [-0.39, 0.29) is 0 Å². The SMILES string of the molecule is c1ccc(-c2ccc3c4c5ccccc5ccc4n(-c4nccc(-c5ccc(-c6cccc7ccccc67)cc5)n4)c3c2)cc1. The van der Waals surface area contributed by atoms with E-state index in [2.05, 4.69) is 156 Å². The van der Waals surface area contributed by atoms with Crippen molar-refractivity contribution < 1.29 is 0 Å². The van der Waals surface area contributed by atoms with Gasteiger partial charge in [0.15, 0.2) is 0 Å². The van der Waals surface area contributed by atoms with Crippen molar-refractivity contribution in [2.45, 2.75) is 0 Å². The first kappa shape index (κ1) is 25.4. The molecule has 45 heavy (non-hydrogen) atoms. The summed E-state index contributed by atoms with van der Waals surface area (Å²) in [5.74, 6) is 0.658. The minimum absolute atomic E-state index is 0.658. The first-order chi connectivity index (χ1) is 22.3. The molecular formula is C42H27N3. The molecule has 0 aliphatic heterocycles. The summed E-state index contributed by atoms with van der Waals surface area (Å²) in [4.78, 5) is 10.0. The van der Waals surface area contributed by atoms with Crippen LogP contribution in [0.3, 0.4) is 0 Å². The Morgan fingerprint density at radius 3 is 1.96 bits per heavy atom. The molecule has 2 heterocycles. The maximum atomic E-state index is 5.17. The van der Waals surface area contributed by atoms with E-state index in [1.165, 1.54) is 49.0 Å². The molecule has 210 valence electrons. The summed E-state index contributed by atoms with van der Waals surface area (Å²) < 4.78 is 2.22. The Kier molecular flexibility index (Phi) is 5.82. The molecule has 0 amide bonds. The van der Waals surface area contributed by atoms with Crippen molar-refractivity contribution in [1.82, 2.24) is 14.5 Å². The van der Waals surface area contributed by atoms with Crippen LogP contribution in [0.2, 0.25) is 0 Å². The van der Waals surface area contributed by atoms with E-state index >= 15 is 0 Å². The molecule has 2 aromatic heterocycles. The predicted molar refractivity (Wildman–Crippen MR) is 188 cm³/mol. The topological polar surface area (TPSA) is 30.7 Å². The van der Waals surface area contributed by atoms with Crippen molar-refractivity contribution in [2.75, 3.05) is 0 Å². The molecule has 0 saturated carbocycles. The summed E-state index contributed by atoms with van der Waals surface area (Å²) in [5.41, 5.74) is 8.89. The molecule has 0 fully saturated rings. The van der Waals surface area contributed by atoms with Gasteiger partial charge >= 0.3 is 0 Å². The molecule has 0 radical (unpaired) electrons. The van der Waals surface area contributed by atoms with Crippen molar-refractivity contribution in [2.24, 2.45) is 0 Å². The lowest BCUT2D eigenvalue weighted by atomic mass is 9.97. The van der Waals surface area contributed by atoms with Gasteiger partial charge in [0.25, 0.3) is 0 Å². The highest BCUT2D eigenvalue weighted by molar-refractivity contribution is 6.21. The van der Waals surface area contributed by atoms with Crippen LogP contribution in [-0.2, 0) is 0 Å². The van der Waals surface area contributed by atoms with Crippen LogP contribution in [0.15, 0.2) is 164 Å². The number of hydrogen-bond donors (Lipinski definition) is 0. The van der Waals surface area contributed by atoms with Gasteiger partial charge in [0.05, 0.1) is 16.7 Å². The van der Waals surface area contributed by atoms with Crippen LogP contribution in [0.4, 0.5) is 0 Å². The van der Waals surface area contributed by atoms with Crippen LogP contribution < -0.4 is 0 Å². The molecule has 0 saturated heterocycles. The summed E-state index contributed by atoms with van der Waals surface area (Å²) in [7, 11) is 0. The lowest BCUT2D eigenvalue weighted by Crippen LogP contribution is -2.01. The Bertz CT molecular complexity index is 2520. The first-order valence-corrected chi connectivity index (χ1v) is 15.3. The van der Waals surface area contributed by atoms with Crippen LogP contribution >= 0.6 is 0 Å². The molecule has 0 atom stereocenters. The number of hydrogen-bond acceptors (Lipinski definition) is 2. The van der Waals surface area contributed by atoms with Gasteiger partial charge in [-0.3, -0.25) is 4.57 Å². The quantitative estimate of drug-likeness (QED) is 0.210. The minimum Gasteiger partial charge on any atom is -0.278 e. The molecule has 9 aromatic rings. The van der Waals surface area contributed by atoms with Gasteiger partial charge in [-0.2, -0.15) is 0 Å². The fourth-order valence-corrected chi connectivity index (χ4v) is 6.73. The van der Waals surface area contributed by atoms with E-state index in [1.807, 2.05) is 12.3 Å². The normalized spacial score (nSPS) is 11.6. The van der Waals surface area contributed by atoms with Crippen molar-refractivity contribution in [3.8, 4) is 39.5 Å². The maximum Gasteiger partial charge on any atom is 0.235 e. The Hall–Kier alpha value is -6.06. The van der Waals surface area contributed by atoms with Gasteiger partial charge in [-0.15, -0.1) is 0 Å². The smallest absolute Gasteiger partial charge is 0.235 e. The van der Waals surface area contributed by atoms with Gasteiger partial charge in [0.1, 0.15) is 0 Å². The van der Waals surface area contributed by atoms with Gasteiger partial charge in [0.2, 0.25) is 5.95 Å². The average Bonchev–Trinajstić information content (AvgIpc) is 3.46. The van der Waals surface area contributed by atoms with E-state index in [0.29, 0.717) is 5.95 Å². The minimum atomic E-state index is 0.658. The van der Waals surface area contributed by atoms with Gasteiger partial charge in [-0.1, -0.05) is 140 Å². The van der Waals surface area contributed by atoms with Gasteiger partial charge in [-0.25, -0.2) is 9.97 Å². The summed E-state index contributed by atoms with van der Waals surface area (Å²) in [6, 6.07) is 56.0. The molecular weight excluding hydrogens is 546 g/mol. The second kappa shape index (κ2) is 10.3. The van der Waals surface area contributed by atoms with E-state index in [4.69, 9.17) is 9.97 Å². The summed E-state index contributed by atoms with van der Waals surface area (Å²) in [6.07, 6.45) is 1.87. The first-order valence-electron chi connectivity index (χ1n) is 15.3. The van der Waals surface area contributed by atoms with Crippen molar-refractivity contribution in [1.29, 1.82) is 0 Å². The lowest BCUT2D eigenvalue weighted by Gasteiger charge is -2.10. The third kappa shape index (κ3) is 4.21. The molecule has 3 heteroatoms. The molecule has 9 rings (SSSR count). The zero-order valence-corrected chi connectivity index (χ0v) is 24.4. The summed E-state index contributed by atoms with van der Waals surface area (Å²) >= 11 is 0. The second-order valence-corrected chi connectivity index (χ2v) is 11.5. The predicted octanol–water partition coefficient (Wildman–Crippen LogP) is 10.9. The molecule has 7 aromatic carbocycles. The van der Waals surface area contributed by atoms with Crippen LogP contribution in [0, 0.1) is 0 Å². The number of nitrogens with zero attached hydrogens (tertiary/aromatic N) is 3. The number of rotatable bonds is 4. The van der Waals surface area contributed by atoms with Crippen molar-refractivity contribution in [3.05, 3.63) is 164 Å². The highest BCUT2D eigenvalue weighted by Crippen LogP contribution is 2.38. The van der Waals surface area contributed by atoms with Gasteiger partial charge in [-0.05, 0) is 62.0 Å². The van der Waals surface area contributed by atoms with E-state index in [0.717, 1.165) is 27.9 Å². The number of fused-ring (bicyclic) bond motifs is 6. The maximum absolute atomic E-state index is 5.17. The zero-order valence-electron chi connectivity index (χ0n) is 24.4. The zero-order chi connectivity index (χ0) is 29.7. The molecule has 0 N–H and O–H groups in total. The third-order valence-electron chi connectivity index (χ3n) is 8.89. The molecule has 3 nitrogen and oxygen atoms in total. The van der Waals surface area contributed by atoms with Crippen LogP contribution in [0.5, 0.6) is 0 Å². The molecule has 0 aliphatic rings. The van der Waals surface area contributed by atoms with E-state index in [9.17, 15) is 0 Å².